The maximum Gasteiger partial charge on any atom is 0.443 e. The van der Waals surface area contributed by atoms with Crippen LogP contribution in [0.2, 0.25) is 0 Å². The van der Waals surface area contributed by atoms with Gasteiger partial charge in [0.1, 0.15) is 12.2 Å². The maximum atomic E-state index is 12.5. The molecule has 1 saturated heterocycles. The summed E-state index contributed by atoms with van der Waals surface area (Å²) < 4.78 is 42.8. The molecule has 0 aliphatic carbocycles. The number of carboxylic acids is 1. The van der Waals surface area contributed by atoms with Gasteiger partial charge in [-0.25, -0.2) is 4.98 Å². The van der Waals surface area contributed by atoms with Crippen LogP contribution in [0, 0.1) is 0 Å². The van der Waals surface area contributed by atoms with E-state index < -0.39 is 29.6 Å². The molecule has 0 radical (unpaired) electrons. The summed E-state index contributed by atoms with van der Waals surface area (Å²) in [7, 11) is 0. The molecule has 1 amide bonds. The third-order valence-electron chi connectivity index (χ3n) is 3.16. The molecule has 0 saturated carbocycles. The minimum atomic E-state index is -4.63. The van der Waals surface area contributed by atoms with Crippen LogP contribution in [0.1, 0.15) is 28.3 Å². The van der Waals surface area contributed by atoms with Crippen molar-refractivity contribution in [1.29, 1.82) is 0 Å². The van der Waals surface area contributed by atoms with E-state index in [0.717, 1.165) is 10.3 Å². The van der Waals surface area contributed by atoms with Crippen LogP contribution in [0.5, 0.6) is 0 Å². The summed E-state index contributed by atoms with van der Waals surface area (Å²) in [6, 6.07) is -0.381. The molecule has 122 valence electrons. The van der Waals surface area contributed by atoms with Crippen molar-refractivity contribution in [2.75, 3.05) is 19.8 Å². The number of aliphatic carboxylic acids is 1. The van der Waals surface area contributed by atoms with E-state index in [4.69, 9.17) is 9.84 Å². The molecule has 0 bridgehead atoms. The van der Waals surface area contributed by atoms with Gasteiger partial charge in [0, 0.05) is 24.6 Å². The van der Waals surface area contributed by atoms with E-state index in [9.17, 15) is 22.8 Å². The number of rotatable bonds is 4. The molecule has 22 heavy (non-hydrogen) atoms. The van der Waals surface area contributed by atoms with Crippen molar-refractivity contribution >= 4 is 23.2 Å². The Balaban J connectivity index is 2.20. The van der Waals surface area contributed by atoms with Gasteiger partial charge in [-0.05, 0) is 12.8 Å². The second-order valence-corrected chi connectivity index (χ2v) is 5.56. The molecule has 6 nitrogen and oxygen atoms in total. The summed E-state index contributed by atoms with van der Waals surface area (Å²) in [5, 5.41) is 8.79. The van der Waals surface area contributed by atoms with E-state index in [1.807, 2.05) is 0 Å². The first-order valence-corrected chi connectivity index (χ1v) is 7.30. The molecule has 0 atom stereocenters. The van der Waals surface area contributed by atoms with Crippen LogP contribution >= 0.6 is 11.3 Å². The summed E-state index contributed by atoms with van der Waals surface area (Å²) in [4.78, 5) is 27.6. The van der Waals surface area contributed by atoms with Crippen molar-refractivity contribution in [3.05, 3.63) is 16.1 Å². The number of carboxylic acid groups (broad SMARTS) is 1. The Morgan fingerprint density at radius 3 is 2.55 bits per heavy atom. The Kier molecular flexibility index (Phi) is 5.01. The van der Waals surface area contributed by atoms with E-state index in [2.05, 4.69) is 4.98 Å². The SMILES string of the molecule is O=C(O)CN(C(=O)c1csc(C(F)(F)F)n1)C1CCOCC1. The van der Waals surface area contributed by atoms with E-state index in [1.165, 1.54) is 0 Å². The summed E-state index contributed by atoms with van der Waals surface area (Å²) in [5.74, 6) is -2.04. The Bertz CT molecular complexity index is 555. The monoisotopic (exact) mass is 338 g/mol. The van der Waals surface area contributed by atoms with Crippen molar-refractivity contribution in [2.45, 2.75) is 25.1 Å². The molecule has 2 rings (SSSR count). The second-order valence-electron chi connectivity index (χ2n) is 4.71. The van der Waals surface area contributed by atoms with E-state index in [1.54, 1.807) is 0 Å². The minimum Gasteiger partial charge on any atom is -0.480 e. The predicted molar refractivity (Wildman–Crippen MR) is 69.6 cm³/mol. The lowest BCUT2D eigenvalue weighted by Gasteiger charge is -2.32. The zero-order valence-corrected chi connectivity index (χ0v) is 12.1. The Labute approximate surface area is 127 Å². The van der Waals surface area contributed by atoms with Crippen LogP contribution in [0.25, 0.3) is 0 Å². The van der Waals surface area contributed by atoms with Gasteiger partial charge in [0.15, 0.2) is 5.01 Å². The smallest absolute Gasteiger partial charge is 0.443 e. The lowest BCUT2D eigenvalue weighted by molar-refractivity contribution is -0.139. The van der Waals surface area contributed by atoms with Gasteiger partial charge in [0.25, 0.3) is 5.91 Å². The standard InChI is InChI=1S/C12H13F3N2O4S/c13-12(14,15)11-16-8(6-22-11)10(20)17(5-9(18)19)7-1-3-21-4-2-7/h6-7H,1-5H2,(H,18,19). The highest BCUT2D eigenvalue weighted by molar-refractivity contribution is 7.09. The molecule has 0 unspecified atom stereocenters. The Morgan fingerprint density at radius 2 is 2.05 bits per heavy atom. The van der Waals surface area contributed by atoms with Gasteiger partial charge in [-0.3, -0.25) is 9.59 Å². The van der Waals surface area contributed by atoms with Gasteiger partial charge in [-0.2, -0.15) is 13.2 Å². The summed E-state index contributed by atoms with van der Waals surface area (Å²) in [5.41, 5.74) is -0.384. The van der Waals surface area contributed by atoms with Crippen molar-refractivity contribution in [3.63, 3.8) is 0 Å². The summed E-state index contributed by atoms with van der Waals surface area (Å²) in [6.07, 6.45) is -3.75. The molecule has 1 aromatic heterocycles. The summed E-state index contributed by atoms with van der Waals surface area (Å²) in [6.45, 7) is 0.167. The highest BCUT2D eigenvalue weighted by Crippen LogP contribution is 2.32. The number of ether oxygens (including phenoxy) is 1. The number of hydrogen-bond acceptors (Lipinski definition) is 5. The maximum absolute atomic E-state index is 12.5. The first-order chi connectivity index (χ1) is 10.3. The van der Waals surface area contributed by atoms with Gasteiger partial charge in [0.2, 0.25) is 0 Å². The van der Waals surface area contributed by atoms with Crippen LogP contribution in [-0.4, -0.2) is 52.7 Å². The molecular formula is C12H13F3N2O4S. The van der Waals surface area contributed by atoms with Gasteiger partial charge in [0.05, 0.1) is 0 Å². The number of amides is 1. The quantitative estimate of drug-likeness (QED) is 0.907. The largest absolute Gasteiger partial charge is 0.480 e. The number of alkyl halides is 3. The van der Waals surface area contributed by atoms with E-state index in [0.29, 0.717) is 37.4 Å². The third kappa shape index (κ3) is 3.95. The molecule has 1 N–H and O–H groups in total. The van der Waals surface area contributed by atoms with Crippen LogP contribution in [0.15, 0.2) is 5.38 Å². The third-order valence-corrected chi connectivity index (χ3v) is 4.05. The number of thiazole rings is 1. The normalized spacial score (nSPS) is 16.5. The second kappa shape index (κ2) is 6.61. The summed E-state index contributed by atoms with van der Waals surface area (Å²) >= 11 is 0.312. The number of hydrogen-bond donors (Lipinski definition) is 1. The fraction of sp³-hybridized carbons (Fsp3) is 0.583. The fourth-order valence-electron chi connectivity index (χ4n) is 2.16. The molecule has 1 aliphatic heterocycles. The topological polar surface area (TPSA) is 79.7 Å². The molecule has 1 aromatic rings. The molecule has 10 heteroatoms. The first kappa shape index (κ1) is 16.7. The van der Waals surface area contributed by atoms with Crippen LogP contribution in [0.3, 0.4) is 0 Å². The van der Waals surface area contributed by atoms with Gasteiger partial charge < -0.3 is 14.7 Å². The van der Waals surface area contributed by atoms with Crippen LogP contribution < -0.4 is 0 Å². The predicted octanol–water partition coefficient (Wildman–Crippen LogP) is 1.87. The van der Waals surface area contributed by atoms with Crippen molar-refractivity contribution in [3.8, 4) is 0 Å². The minimum absolute atomic E-state index is 0.312. The lowest BCUT2D eigenvalue weighted by Crippen LogP contribution is -2.46. The van der Waals surface area contributed by atoms with Crippen molar-refractivity contribution in [1.82, 2.24) is 9.88 Å². The average Bonchev–Trinajstić information content (AvgIpc) is 2.94. The van der Waals surface area contributed by atoms with E-state index >= 15 is 0 Å². The molecule has 0 aromatic carbocycles. The Hall–Kier alpha value is -1.68. The zero-order chi connectivity index (χ0) is 16.3. The van der Waals surface area contributed by atoms with E-state index in [-0.39, 0.29) is 11.7 Å². The van der Waals surface area contributed by atoms with Gasteiger partial charge in [-0.15, -0.1) is 11.3 Å². The molecular weight excluding hydrogens is 325 g/mol. The molecule has 0 spiro atoms. The molecule has 1 aliphatic rings. The number of aromatic nitrogens is 1. The zero-order valence-electron chi connectivity index (χ0n) is 11.3. The fourth-order valence-corrected chi connectivity index (χ4v) is 2.82. The van der Waals surface area contributed by atoms with Gasteiger partial charge in [-0.1, -0.05) is 0 Å². The Morgan fingerprint density at radius 1 is 1.41 bits per heavy atom. The van der Waals surface area contributed by atoms with Gasteiger partial charge >= 0.3 is 12.1 Å². The molecule has 2 heterocycles. The van der Waals surface area contributed by atoms with Crippen molar-refractivity contribution < 1.29 is 32.6 Å². The highest BCUT2D eigenvalue weighted by atomic mass is 32.1. The number of carbonyl (C=O) groups excluding carboxylic acids is 1. The van der Waals surface area contributed by atoms with Crippen molar-refractivity contribution in [2.24, 2.45) is 0 Å². The number of halogens is 3. The van der Waals surface area contributed by atoms with Crippen LogP contribution in [-0.2, 0) is 15.7 Å². The lowest BCUT2D eigenvalue weighted by atomic mass is 10.1. The number of nitrogens with zero attached hydrogens (tertiary/aromatic N) is 2. The average molecular weight is 338 g/mol. The first-order valence-electron chi connectivity index (χ1n) is 6.42. The highest BCUT2D eigenvalue weighted by Gasteiger charge is 2.36. The van der Waals surface area contributed by atoms with Crippen LogP contribution in [0.4, 0.5) is 13.2 Å². The number of carbonyl (C=O) groups is 2. The molecule has 1 fully saturated rings.